The van der Waals surface area contributed by atoms with Gasteiger partial charge in [0.05, 0.1) is 6.61 Å². The van der Waals surface area contributed by atoms with Gasteiger partial charge in [-0.05, 0) is 43.0 Å². The van der Waals surface area contributed by atoms with Crippen LogP contribution in [0.3, 0.4) is 0 Å². The highest BCUT2D eigenvalue weighted by Gasteiger charge is 2.20. The molecule has 1 saturated carbocycles. The van der Waals surface area contributed by atoms with Crippen molar-refractivity contribution >= 4 is 15.9 Å². The Kier molecular flexibility index (Phi) is 4.24. The zero-order valence-corrected chi connectivity index (χ0v) is 11.2. The van der Waals surface area contributed by atoms with Crippen molar-refractivity contribution in [1.82, 2.24) is 5.32 Å². The van der Waals surface area contributed by atoms with Crippen LogP contribution in [0.2, 0.25) is 0 Å². The van der Waals surface area contributed by atoms with Gasteiger partial charge < -0.3 is 10.1 Å². The fraction of sp³-hybridized carbons (Fsp3) is 0.538. The standard InChI is InChI=1S/C13H18BrNO/c1-2-7-16-12-5-6-13(14)10(8-12)9-15-11-3-4-11/h5-6,8,11,15H,2-4,7,9H2,1H3. The van der Waals surface area contributed by atoms with Crippen LogP contribution in [0.1, 0.15) is 31.7 Å². The van der Waals surface area contributed by atoms with E-state index in [0.717, 1.165) is 35.8 Å². The van der Waals surface area contributed by atoms with E-state index >= 15 is 0 Å². The van der Waals surface area contributed by atoms with Gasteiger partial charge in [0.15, 0.2) is 0 Å². The Bertz CT molecular complexity index is 350. The van der Waals surface area contributed by atoms with Gasteiger partial charge in [-0.2, -0.15) is 0 Å². The predicted octanol–water partition coefficient (Wildman–Crippen LogP) is 3.49. The second kappa shape index (κ2) is 5.69. The first-order chi connectivity index (χ1) is 7.79. The average Bonchev–Trinajstić information content (AvgIpc) is 3.10. The van der Waals surface area contributed by atoms with Crippen molar-refractivity contribution in [3.8, 4) is 5.75 Å². The number of hydrogen-bond donors (Lipinski definition) is 1. The Balaban J connectivity index is 1.96. The smallest absolute Gasteiger partial charge is 0.119 e. The third-order valence-electron chi connectivity index (χ3n) is 2.65. The lowest BCUT2D eigenvalue weighted by molar-refractivity contribution is 0.317. The summed E-state index contributed by atoms with van der Waals surface area (Å²) >= 11 is 3.57. The van der Waals surface area contributed by atoms with Gasteiger partial charge in [-0.25, -0.2) is 0 Å². The molecule has 1 aliphatic carbocycles. The summed E-state index contributed by atoms with van der Waals surface area (Å²) < 4.78 is 6.78. The molecule has 2 rings (SSSR count). The Morgan fingerprint density at radius 1 is 1.44 bits per heavy atom. The van der Waals surface area contributed by atoms with Gasteiger partial charge in [-0.15, -0.1) is 0 Å². The third-order valence-corrected chi connectivity index (χ3v) is 3.42. The van der Waals surface area contributed by atoms with Crippen molar-refractivity contribution < 1.29 is 4.74 Å². The Morgan fingerprint density at radius 2 is 2.25 bits per heavy atom. The molecule has 1 aromatic carbocycles. The van der Waals surface area contributed by atoms with Crippen LogP contribution in [0.4, 0.5) is 0 Å². The van der Waals surface area contributed by atoms with Crippen LogP contribution in [0.5, 0.6) is 5.75 Å². The molecule has 0 aromatic heterocycles. The lowest BCUT2D eigenvalue weighted by Crippen LogP contribution is -2.15. The molecule has 16 heavy (non-hydrogen) atoms. The normalized spacial score (nSPS) is 15.1. The van der Waals surface area contributed by atoms with E-state index in [2.05, 4.69) is 40.3 Å². The molecule has 88 valence electrons. The van der Waals surface area contributed by atoms with E-state index < -0.39 is 0 Å². The summed E-state index contributed by atoms with van der Waals surface area (Å²) in [4.78, 5) is 0. The molecule has 0 unspecified atom stereocenters. The van der Waals surface area contributed by atoms with Crippen LogP contribution < -0.4 is 10.1 Å². The van der Waals surface area contributed by atoms with Crippen molar-refractivity contribution in [2.24, 2.45) is 0 Å². The largest absolute Gasteiger partial charge is 0.494 e. The number of rotatable bonds is 6. The second-order valence-corrected chi connectivity index (χ2v) is 5.11. The van der Waals surface area contributed by atoms with Gasteiger partial charge in [0.1, 0.15) is 5.75 Å². The SMILES string of the molecule is CCCOc1ccc(Br)c(CNC2CC2)c1. The molecule has 1 aromatic rings. The van der Waals surface area contributed by atoms with Gasteiger partial charge in [0.2, 0.25) is 0 Å². The summed E-state index contributed by atoms with van der Waals surface area (Å²) in [6, 6.07) is 6.94. The molecule has 3 heteroatoms. The molecule has 1 aliphatic rings. The maximum atomic E-state index is 5.62. The van der Waals surface area contributed by atoms with Crippen LogP contribution in [0, 0.1) is 0 Å². The first kappa shape index (κ1) is 11.9. The first-order valence-electron chi connectivity index (χ1n) is 5.94. The van der Waals surface area contributed by atoms with Gasteiger partial charge in [0, 0.05) is 17.1 Å². The summed E-state index contributed by atoms with van der Waals surface area (Å²) in [5.41, 5.74) is 1.28. The van der Waals surface area contributed by atoms with Gasteiger partial charge in [0.25, 0.3) is 0 Å². The molecule has 0 atom stereocenters. The predicted molar refractivity (Wildman–Crippen MR) is 69.8 cm³/mol. The van der Waals surface area contributed by atoms with E-state index in [1.165, 1.54) is 18.4 Å². The van der Waals surface area contributed by atoms with Crippen LogP contribution in [-0.4, -0.2) is 12.6 Å². The fourth-order valence-electron chi connectivity index (χ4n) is 1.54. The second-order valence-electron chi connectivity index (χ2n) is 4.26. The fourth-order valence-corrected chi connectivity index (χ4v) is 1.92. The molecule has 2 nitrogen and oxygen atoms in total. The highest BCUT2D eigenvalue weighted by molar-refractivity contribution is 9.10. The van der Waals surface area contributed by atoms with E-state index in [4.69, 9.17) is 4.74 Å². The van der Waals surface area contributed by atoms with E-state index in [0.29, 0.717) is 0 Å². The van der Waals surface area contributed by atoms with Crippen molar-refractivity contribution in [3.05, 3.63) is 28.2 Å². The zero-order valence-electron chi connectivity index (χ0n) is 9.63. The van der Waals surface area contributed by atoms with E-state index in [9.17, 15) is 0 Å². The van der Waals surface area contributed by atoms with Gasteiger partial charge in [-0.3, -0.25) is 0 Å². The lowest BCUT2D eigenvalue weighted by Gasteiger charge is -2.09. The average molecular weight is 284 g/mol. The molecule has 0 aliphatic heterocycles. The summed E-state index contributed by atoms with van der Waals surface area (Å²) in [6.07, 6.45) is 3.69. The number of hydrogen-bond acceptors (Lipinski definition) is 2. The number of ether oxygens (including phenoxy) is 1. The molecule has 1 fully saturated rings. The van der Waals surface area contributed by atoms with Crippen LogP contribution in [-0.2, 0) is 6.54 Å². The summed E-state index contributed by atoms with van der Waals surface area (Å²) in [6.45, 7) is 3.83. The van der Waals surface area contributed by atoms with Crippen LogP contribution in [0.25, 0.3) is 0 Å². The van der Waals surface area contributed by atoms with E-state index in [1.807, 2.05) is 6.07 Å². The van der Waals surface area contributed by atoms with E-state index in [-0.39, 0.29) is 0 Å². The molecule has 0 amide bonds. The molecule has 0 saturated heterocycles. The Hall–Kier alpha value is -0.540. The minimum Gasteiger partial charge on any atom is -0.494 e. The van der Waals surface area contributed by atoms with Gasteiger partial charge >= 0.3 is 0 Å². The first-order valence-corrected chi connectivity index (χ1v) is 6.73. The molecule has 1 N–H and O–H groups in total. The number of benzene rings is 1. The minimum atomic E-state index is 0.743. The highest BCUT2D eigenvalue weighted by atomic mass is 79.9. The van der Waals surface area contributed by atoms with Crippen molar-refractivity contribution in [2.75, 3.05) is 6.61 Å². The maximum Gasteiger partial charge on any atom is 0.119 e. The van der Waals surface area contributed by atoms with Crippen molar-refractivity contribution in [2.45, 2.75) is 38.8 Å². The molecular weight excluding hydrogens is 266 g/mol. The number of halogens is 1. The monoisotopic (exact) mass is 283 g/mol. The highest BCUT2D eigenvalue weighted by Crippen LogP contribution is 2.25. The Labute approximate surface area is 106 Å². The Morgan fingerprint density at radius 3 is 2.94 bits per heavy atom. The molecular formula is C13H18BrNO. The van der Waals surface area contributed by atoms with Crippen molar-refractivity contribution in [3.63, 3.8) is 0 Å². The topological polar surface area (TPSA) is 21.3 Å². The molecule has 0 heterocycles. The zero-order chi connectivity index (χ0) is 11.4. The summed E-state index contributed by atoms with van der Waals surface area (Å²) in [7, 11) is 0. The van der Waals surface area contributed by atoms with Crippen molar-refractivity contribution in [1.29, 1.82) is 0 Å². The quantitative estimate of drug-likeness (QED) is 0.863. The lowest BCUT2D eigenvalue weighted by atomic mass is 10.2. The summed E-state index contributed by atoms with van der Waals surface area (Å²) in [5.74, 6) is 0.970. The summed E-state index contributed by atoms with van der Waals surface area (Å²) in [5, 5.41) is 3.51. The van der Waals surface area contributed by atoms with Crippen LogP contribution in [0.15, 0.2) is 22.7 Å². The third kappa shape index (κ3) is 3.49. The van der Waals surface area contributed by atoms with Crippen LogP contribution >= 0.6 is 15.9 Å². The van der Waals surface area contributed by atoms with Gasteiger partial charge in [-0.1, -0.05) is 22.9 Å². The molecule has 0 spiro atoms. The van der Waals surface area contributed by atoms with E-state index in [1.54, 1.807) is 0 Å². The molecule has 0 bridgehead atoms. The maximum absolute atomic E-state index is 5.62. The minimum absolute atomic E-state index is 0.743. The number of nitrogens with one attached hydrogen (secondary N) is 1. The molecule has 0 radical (unpaired) electrons.